The third-order valence-electron chi connectivity index (χ3n) is 9.03. The lowest BCUT2D eigenvalue weighted by atomic mass is 9.83. The number of fused-ring (bicyclic) bond motifs is 1. The Morgan fingerprint density at radius 3 is 2.40 bits per heavy atom. The molecule has 1 aliphatic carbocycles. The third kappa shape index (κ3) is 6.71. The number of hydrogen-bond acceptors (Lipinski definition) is 9. The van der Waals surface area contributed by atoms with Gasteiger partial charge in [-0.25, -0.2) is 9.78 Å². The van der Waals surface area contributed by atoms with E-state index in [1.54, 1.807) is 13.2 Å². The molecule has 10 nitrogen and oxygen atoms in total. The van der Waals surface area contributed by atoms with Gasteiger partial charge in [-0.2, -0.15) is 4.98 Å². The van der Waals surface area contributed by atoms with Gasteiger partial charge in [-0.1, -0.05) is 6.07 Å². The standard InChI is InChI=1S/C32H43N5O5/c1-39-21-23-6-8-24(9-7-23)22-42-31-5-3-4-29(34-31)36-15-13-35(14-16-36)20-30-33-27-11-10-25(32(38)40-2)18-28(27)37(30)19-26-12-17-41-26/h3-5,10-11,18,23-24,26H,6-9,12-17,19-22H2,1-2H3/t23?,24?,26-/m0/s1. The van der Waals surface area contributed by atoms with Crippen LogP contribution in [-0.2, 0) is 27.3 Å². The van der Waals surface area contributed by atoms with E-state index in [0.29, 0.717) is 23.3 Å². The maximum absolute atomic E-state index is 12.2. The molecule has 4 heterocycles. The zero-order valence-corrected chi connectivity index (χ0v) is 24.9. The smallest absolute Gasteiger partial charge is 0.337 e. The first-order chi connectivity index (χ1) is 20.6. The fourth-order valence-corrected chi connectivity index (χ4v) is 6.37. The van der Waals surface area contributed by atoms with Crippen molar-refractivity contribution in [2.24, 2.45) is 11.8 Å². The van der Waals surface area contributed by atoms with Crippen molar-refractivity contribution in [3.63, 3.8) is 0 Å². The topological polar surface area (TPSA) is 91.2 Å². The molecule has 0 unspecified atom stereocenters. The molecule has 1 atom stereocenters. The van der Waals surface area contributed by atoms with Crippen molar-refractivity contribution in [3.8, 4) is 5.88 Å². The lowest BCUT2D eigenvalue weighted by Gasteiger charge is -2.35. The molecule has 0 spiro atoms. The van der Waals surface area contributed by atoms with Crippen LogP contribution >= 0.6 is 0 Å². The first kappa shape index (κ1) is 28.9. The van der Waals surface area contributed by atoms with E-state index in [0.717, 1.165) is 88.2 Å². The molecule has 1 aromatic carbocycles. The second kappa shape index (κ2) is 13.4. The fourth-order valence-electron chi connectivity index (χ4n) is 6.37. The van der Waals surface area contributed by atoms with E-state index in [-0.39, 0.29) is 12.1 Å². The largest absolute Gasteiger partial charge is 0.477 e. The Morgan fingerprint density at radius 1 is 0.952 bits per heavy atom. The van der Waals surface area contributed by atoms with E-state index in [2.05, 4.69) is 20.4 Å². The molecule has 10 heteroatoms. The number of carbonyl (C=O) groups is 1. The third-order valence-corrected chi connectivity index (χ3v) is 9.03. The number of pyridine rings is 1. The molecule has 3 aliphatic rings. The molecule has 3 fully saturated rings. The van der Waals surface area contributed by atoms with Gasteiger partial charge in [0.2, 0.25) is 5.88 Å². The number of hydrogen-bond donors (Lipinski definition) is 0. The van der Waals surface area contributed by atoms with E-state index in [9.17, 15) is 4.79 Å². The van der Waals surface area contributed by atoms with Gasteiger partial charge in [-0.05, 0) is 68.2 Å². The number of imidazole rings is 1. The number of piperazine rings is 1. The molecule has 2 saturated heterocycles. The molecule has 0 radical (unpaired) electrons. The van der Waals surface area contributed by atoms with E-state index < -0.39 is 0 Å². The van der Waals surface area contributed by atoms with Crippen LogP contribution in [-0.4, -0.2) is 91.7 Å². The van der Waals surface area contributed by atoms with Crippen LogP contribution in [0.3, 0.4) is 0 Å². The van der Waals surface area contributed by atoms with E-state index in [4.69, 9.17) is 28.9 Å². The van der Waals surface area contributed by atoms with Crippen molar-refractivity contribution < 1.29 is 23.7 Å². The zero-order chi connectivity index (χ0) is 28.9. The number of nitrogens with zero attached hydrogens (tertiary/aromatic N) is 5. The molecule has 6 rings (SSSR count). The van der Waals surface area contributed by atoms with Gasteiger partial charge in [0.25, 0.3) is 0 Å². The lowest BCUT2D eigenvalue weighted by molar-refractivity contribution is -0.0592. The lowest BCUT2D eigenvalue weighted by Crippen LogP contribution is -2.46. The molecule has 226 valence electrons. The summed E-state index contributed by atoms with van der Waals surface area (Å²) in [6, 6.07) is 11.7. The minimum absolute atomic E-state index is 0.186. The number of anilines is 1. The van der Waals surface area contributed by atoms with Crippen molar-refractivity contribution in [1.29, 1.82) is 0 Å². The second-order valence-electron chi connectivity index (χ2n) is 11.9. The van der Waals surface area contributed by atoms with Gasteiger partial charge in [-0.15, -0.1) is 0 Å². The predicted molar refractivity (Wildman–Crippen MR) is 160 cm³/mol. The van der Waals surface area contributed by atoms with Crippen molar-refractivity contribution in [1.82, 2.24) is 19.4 Å². The van der Waals surface area contributed by atoms with Crippen LogP contribution in [0.5, 0.6) is 5.88 Å². The maximum Gasteiger partial charge on any atom is 0.337 e. The SMILES string of the molecule is COCC1CCC(COc2cccc(N3CCN(Cc4nc5ccc(C(=O)OC)cc5n4C[C@@H]4CCO4)CC3)n2)CC1. The molecule has 2 aliphatic heterocycles. The minimum atomic E-state index is -0.338. The van der Waals surface area contributed by atoms with E-state index in [1.807, 2.05) is 24.3 Å². The molecule has 0 bridgehead atoms. The quantitative estimate of drug-likeness (QED) is 0.312. The van der Waals surface area contributed by atoms with Crippen molar-refractivity contribution in [3.05, 3.63) is 47.8 Å². The summed E-state index contributed by atoms with van der Waals surface area (Å²) < 4.78 is 24.4. The molecular weight excluding hydrogens is 534 g/mol. The Kier molecular flexibility index (Phi) is 9.21. The molecule has 1 saturated carbocycles. The average Bonchev–Trinajstić information content (AvgIpc) is 3.34. The highest BCUT2D eigenvalue weighted by molar-refractivity contribution is 5.93. The van der Waals surface area contributed by atoms with E-state index in [1.165, 1.54) is 32.8 Å². The molecule has 0 amide bonds. The summed E-state index contributed by atoms with van der Waals surface area (Å²) in [4.78, 5) is 26.8. The molecule has 3 aromatic rings. The first-order valence-corrected chi connectivity index (χ1v) is 15.3. The highest BCUT2D eigenvalue weighted by Gasteiger charge is 2.26. The molecule has 2 aromatic heterocycles. The van der Waals surface area contributed by atoms with Crippen LogP contribution in [0.1, 0.15) is 48.3 Å². The Labute approximate surface area is 247 Å². The summed E-state index contributed by atoms with van der Waals surface area (Å²) in [5, 5.41) is 0. The Balaban J connectivity index is 1.06. The van der Waals surface area contributed by atoms with Gasteiger partial charge >= 0.3 is 5.97 Å². The number of methoxy groups -OCH3 is 2. The van der Waals surface area contributed by atoms with Crippen molar-refractivity contribution >= 4 is 22.8 Å². The van der Waals surface area contributed by atoms with Gasteiger partial charge in [0.05, 0.1) is 49.5 Å². The summed E-state index contributed by atoms with van der Waals surface area (Å²) in [5.74, 6) is 3.64. The van der Waals surface area contributed by atoms with Crippen LogP contribution in [0.4, 0.5) is 5.82 Å². The molecule has 0 N–H and O–H groups in total. The number of esters is 1. The predicted octanol–water partition coefficient (Wildman–Crippen LogP) is 4.16. The van der Waals surface area contributed by atoms with Gasteiger partial charge in [0.1, 0.15) is 11.6 Å². The number of benzene rings is 1. The minimum Gasteiger partial charge on any atom is -0.477 e. The summed E-state index contributed by atoms with van der Waals surface area (Å²) in [5.41, 5.74) is 2.37. The number of ether oxygens (including phenoxy) is 4. The number of carbonyl (C=O) groups excluding carboxylic acids is 1. The summed E-state index contributed by atoms with van der Waals surface area (Å²) in [6.07, 6.45) is 6.07. The van der Waals surface area contributed by atoms with Gasteiger partial charge in [0.15, 0.2) is 0 Å². The normalized spacial score (nSPS) is 23.1. The fraction of sp³-hybridized carbons (Fsp3) is 0.594. The van der Waals surface area contributed by atoms with Gasteiger partial charge in [0, 0.05) is 52.6 Å². The van der Waals surface area contributed by atoms with Gasteiger partial charge < -0.3 is 28.4 Å². The summed E-state index contributed by atoms with van der Waals surface area (Å²) >= 11 is 0. The first-order valence-electron chi connectivity index (χ1n) is 15.3. The Bertz CT molecular complexity index is 1340. The van der Waals surface area contributed by atoms with E-state index >= 15 is 0 Å². The average molecular weight is 578 g/mol. The molecular formula is C32H43N5O5. The Morgan fingerprint density at radius 2 is 1.71 bits per heavy atom. The summed E-state index contributed by atoms with van der Waals surface area (Å²) in [6.45, 7) is 7.49. The van der Waals surface area contributed by atoms with Crippen molar-refractivity contribution in [2.75, 3.05) is 65.1 Å². The highest BCUT2D eigenvalue weighted by Crippen LogP contribution is 2.30. The number of rotatable bonds is 11. The number of aromatic nitrogens is 3. The van der Waals surface area contributed by atoms with Crippen LogP contribution in [0.25, 0.3) is 11.0 Å². The maximum atomic E-state index is 12.2. The molecule has 42 heavy (non-hydrogen) atoms. The van der Waals surface area contributed by atoms with Crippen LogP contribution in [0, 0.1) is 11.8 Å². The monoisotopic (exact) mass is 577 g/mol. The van der Waals surface area contributed by atoms with Gasteiger partial charge in [-0.3, -0.25) is 4.90 Å². The summed E-state index contributed by atoms with van der Waals surface area (Å²) in [7, 11) is 3.20. The Hall–Kier alpha value is -3.21. The van der Waals surface area contributed by atoms with Crippen LogP contribution in [0.15, 0.2) is 36.4 Å². The van der Waals surface area contributed by atoms with Crippen molar-refractivity contribution in [2.45, 2.75) is 51.3 Å². The second-order valence-corrected chi connectivity index (χ2v) is 11.9. The zero-order valence-electron chi connectivity index (χ0n) is 24.9. The van der Waals surface area contributed by atoms with Crippen LogP contribution in [0.2, 0.25) is 0 Å². The van der Waals surface area contributed by atoms with Crippen LogP contribution < -0.4 is 9.64 Å². The highest BCUT2D eigenvalue weighted by atomic mass is 16.5.